The Bertz CT molecular complexity index is 953. The quantitative estimate of drug-likeness (QED) is 0.713. The number of para-hydroxylation sites is 1. The molecule has 1 aliphatic rings. The average Bonchev–Trinajstić information content (AvgIpc) is 3.15. The second-order valence-corrected chi connectivity index (χ2v) is 7.48. The minimum absolute atomic E-state index is 0.0791. The lowest BCUT2D eigenvalue weighted by atomic mass is 9.94. The predicted molar refractivity (Wildman–Crippen MR) is 96.1 cm³/mol. The summed E-state index contributed by atoms with van der Waals surface area (Å²) < 4.78 is 6.86. The fourth-order valence-electron chi connectivity index (χ4n) is 3.29. The number of thiazole rings is 1. The first-order valence-electron chi connectivity index (χ1n) is 8.30. The number of fused-ring (bicyclic) bond motifs is 2. The maximum atomic E-state index is 12.8. The standard InChI is InChI=1S/C19H18N2O3S/c1-11-17-13(22)7-5-8-14(17)24-18(11)19(23)21(2)10-16-20-12-6-3-4-9-15(12)25-16/h3-4,6,9H,5,7-8,10H2,1-2H3. The smallest absolute Gasteiger partial charge is 0.289 e. The average molecular weight is 354 g/mol. The van der Waals surface area contributed by atoms with Crippen LogP contribution in [-0.4, -0.2) is 28.6 Å². The van der Waals surface area contributed by atoms with Gasteiger partial charge in [-0.3, -0.25) is 9.59 Å². The molecule has 2 aromatic heterocycles. The molecule has 1 amide bonds. The van der Waals surface area contributed by atoms with Gasteiger partial charge in [0.25, 0.3) is 5.91 Å². The van der Waals surface area contributed by atoms with Gasteiger partial charge in [0, 0.05) is 25.5 Å². The van der Waals surface area contributed by atoms with Crippen LogP contribution in [0.15, 0.2) is 28.7 Å². The third-order valence-corrected chi connectivity index (χ3v) is 5.58. The van der Waals surface area contributed by atoms with Gasteiger partial charge < -0.3 is 9.32 Å². The van der Waals surface area contributed by atoms with Crippen LogP contribution in [0.5, 0.6) is 0 Å². The zero-order chi connectivity index (χ0) is 17.6. The number of aryl methyl sites for hydroxylation is 1. The topological polar surface area (TPSA) is 63.4 Å². The van der Waals surface area contributed by atoms with Gasteiger partial charge in [-0.05, 0) is 25.5 Å². The molecule has 2 heterocycles. The highest BCUT2D eigenvalue weighted by atomic mass is 32.1. The number of hydrogen-bond donors (Lipinski definition) is 0. The summed E-state index contributed by atoms with van der Waals surface area (Å²) in [6.45, 7) is 2.21. The fraction of sp³-hybridized carbons (Fsp3) is 0.316. The molecule has 0 saturated heterocycles. The van der Waals surface area contributed by atoms with Gasteiger partial charge in [0.15, 0.2) is 11.5 Å². The van der Waals surface area contributed by atoms with Crippen molar-refractivity contribution in [1.29, 1.82) is 0 Å². The Hall–Kier alpha value is -2.47. The van der Waals surface area contributed by atoms with Gasteiger partial charge in [-0.1, -0.05) is 12.1 Å². The number of hydrogen-bond acceptors (Lipinski definition) is 5. The number of amides is 1. The largest absolute Gasteiger partial charge is 0.455 e. The van der Waals surface area contributed by atoms with E-state index in [1.54, 1.807) is 30.2 Å². The number of carbonyl (C=O) groups is 2. The van der Waals surface area contributed by atoms with Gasteiger partial charge >= 0.3 is 0 Å². The SMILES string of the molecule is Cc1c(C(=O)N(C)Cc2nc3ccccc3s2)oc2c1C(=O)CCC2. The molecule has 0 bridgehead atoms. The normalized spacial score (nSPS) is 13.9. The lowest BCUT2D eigenvalue weighted by Crippen LogP contribution is -2.26. The minimum atomic E-state index is -0.209. The molecule has 3 aromatic rings. The van der Waals surface area contributed by atoms with E-state index >= 15 is 0 Å². The molecule has 5 nitrogen and oxygen atoms in total. The number of Topliss-reactive ketones (excluding diaryl/α,β-unsaturated/α-hetero) is 1. The number of benzene rings is 1. The predicted octanol–water partition coefficient (Wildman–Crippen LogP) is 3.99. The molecule has 6 heteroatoms. The summed E-state index contributed by atoms with van der Waals surface area (Å²) in [6.07, 6.45) is 2.04. The summed E-state index contributed by atoms with van der Waals surface area (Å²) in [5.74, 6) is 0.809. The van der Waals surface area contributed by atoms with Crippen molar-refractivity contribution in [2.75, 3.05) is 7.05 Å². The van der Waals surface area contributed by atoms with Crippen LogP contribution in [0.2, 0.25) is 0 Å². The number of aromatic nitrogens is 1. The molecule has 0 radical (unpaired) electrons. The van der Waals surface area contributed by atoms with Crippen LogP contribution in [0.25, 0.3) is 10.2 Å². The third-order valence-electron chi connectivity index (χ3n) is 4.56. The number of ketones is 1. The second-order valence-electron chi connectivity index (χ2n) is 6.37. The number of rotatable bonds is 3. The van der Waals surface area contributed by atoms with Crippen LogP contribution in [0.4, 0.5) is 0 Å². The van der Waals surface area contributed by atoms with Crippen molar-refractivity contribution in [3.63, 3.8) is 0 Å². The molecule has 0 N–H and O–H groups in total. The Balaban J connectivity index is 1.59. The molecule has 1 aromatic carbocycles. The van der Waals surface area contributed by atoms with Gasteiger partial charge in [0.2, 0.25) is 0 Å². The van der Waals surface area contributed by atoms with E-state index in [2.05, 4.69) is 4.98 Å². The molecule has 1 aliphatic carbocycles. The summed E-state index contributed by atoms with van der Waals surface area (Å²) in [5.41, 5.74) is 2.22. The highest BCUT2D eigenvalue weighted by Gasteiger charge is 2.30. The third kappa shape index (κ3) is 2.76. The lowest BCUT2D eigenvalue weighted by Gasteiger charge is -2.14. The van der Waals surface area contributed by atoms with E-state index in [0.29, 0.717) is 29.9 Å². The van der Waals surface area contributed by atoms with Crippen molar-refractivity contribution in [2.45, 2.75) is 32.7 Å². The van der Waals surface area contributed by atoms with E-state index in [1.807, 2.05) is 24.3 Å². The maximum absolute atomic E-state index is 12.8. The zero-order valence-electron chi connectivity index (χ0n) is 14.2. The Labute approximate surface area is 149 Å². The van der Waals surface area contributed by atoms with Crippen molar-refractivity contribution in [1.82, 2.24) is 9.88 Å². The van der Waals surface area contributed by atoms with Gasteiger partial charge in [0.1, 0.15) is 10.8 Å². The molecule has 128 valence electrons. The molecular formula is C19H18N2O3S. The summed E-state index contributed by atoms with van der Waals surface area (Å²) in [4.78, 5) is 31.1. The van der Waals surface area contributed by atoms with Gasteiger partial charge in [-0.25, -0.2) is 4.98 Å². The van der Waals surface area contributed by atoms with E-state index in [4.69, 9.17) is 4.42 Å². The van der Waals surface area contributed by atoms with Crippen LogP contribution >= 0.6 is 11.3 Å². The Morgan fingerprint density at radius 1 is 1.32 bits per heavy atom. The molecule has 4 rings (SSSR count). The van der Waals surface area contributed by atoms with E-state index < -0.39 is 0 Å². The maximum Gasteiger partial charge on any atom is 0.289 e. The van der Waals surface area contributed by atoms with E-state index in [1.165, 1.54) is 0 Å². The van der Waals surface area contributed by atoms with Crippen LogP contribution in [0, 0.1) is 6.92 Å². The number of nitrogens with zero attached hydrogens (tertiary/aromatic N) is 2. The molecule has 0 atom stereocenters. The summed E-state index contributed by atoms with van der Waals surface area (Å²) in [6, 6.07) is 7.92. The zero-order valence-corrected chi connectivity index (χ0v) is 15.0. The summed E-state index contributed by atoms with van der Waals surface area (Å²) in [7, 11) is 1.73. The first-order chi connectivity index (χ1) is 12.0. The first-order valence-corrected chi connectivity index (χ1v) is 9.11. The molecule has 25 heavy (non-hydrogen) atoms. The van der Waals surface area contributed by atoms with Crippen molar-refractivity contribution in [2.24, 2.45) is 0 Å². The highest BCUT2D eigenvalue weighted by molar-refractivity contribution is 7.18. The van der Waals surface area contributed by atoms with Crippen molar-refractivity contribution in [3.8, 4) is 0 Å². The lowest BCUT2D eigenvalue weighted by molar-refractivity contribution is 0.0749. The van der Waals surface area contributed by atoms with Crippen molar-refractivity contribution < 1.29 is 14.0 Å². The van der Waals surface area contributed by atoms with E-state index in [-0.39, 0.29) is 17.5 Å². The summed E-state index contributed by atoms with van der Waals surface area (Å²) >= 11 is 1.58. The molecule has 0 spiro atoms. The molecule has 0 aliphatic heterocycles. The van der Waals surface area contributed by atoms with Gasteiger partial charge in [-0.2, -0.15) is 0 Å². The molecule has 0 fully saturated rings. The second kappa shape index (κ2) is 6.11. The Kier molecular flexibility index (Phi) is 3.92. The highest BCUT2D eigenvalue weighted by Crippen LogP contribution is 2.30. The van der Waals surface area contributed by atoms with Gasteiger partial charge in [0.05, 0.1) is 22.3 Å². The summed E-state index contributed by atoms with van der Waals surface area (Å²) in [5, 5.41) is 0.877. The molecular weight excluding hydrogens is 336 g/mol. The van der Waals surface area contributed by atoms with Crippen LogP contribution in [0.3, 0.4) is 0 Å². The Morgan fingerprint density at radius 2 is 2.12 bits per heavy atom. The fourth-order valence-corrected chi connectivity index (χ4v) is 4.31. The van der Waals surface area contributed by atoms with Crippen LogP contribution < -0.4 is 0 Å². The van der Waals surface area contributed by atoms with Crippen LogP contribution in [-0.2, 0) is 13.0 Å². The van der Waals surface area contributed by atoms with E-state index in [0.717, 1.165) is 28.1 Å². The number of carbonyl (C=O) groups excluding carboxylic acids is 2. The number of furan rings is 1. The van der Waals surface area contributed by atoms with Crippen molar-refractivity contribution in [3.05, 3.63) is 51.9 Å². The van der Waals surface area contributed by atoms with Gasteiger partial charge in [-0.15, -0.1) is 11.3 Å². The minimum Gasteiger partial charge on any atom is -0.455 e. The monoisotopic (exact) mass is 354 g/mol. The van der Waals surface area contributed by atoms with Crippen LogP contribution in [0.1, 0.15) is 50.1 Å². The first kappa shape index (κ1) is 16.0. The molecule has 0 unspecified atom stereocenters. The Morgan fingerprint density at radius 3 is 2.88 bits per heavy atom. The molecule has 0 saturated carbocycles. The van der Waals surface area contributed by atoms with Crippen molar-refractivity contribution >= 4 is 33.2 Å². The van der Waals surface area contributed by atoms with E-state index in [9.17, 15) is 9.59 Å².